The van der Waals surface area contributed by atoms with Gasteiger partial charge in [-0.05, 0) is 39.0 Å². The minimum Gasteiger partial charge on any atom is -0.462 e. The van der Waals surface area contributed by atoms with E-state index < -0.39 is 5.97 Å². The van der Waals surface area contributed by atoms with E-state index in [9.17, 15) is 9.59 Å². The lowest BCUT2D eigenvalue weighted by Gasteiger charge is -2.07. The minimum atomic E-state index is -0.404. The molecule has 0 aliphatic carbocycles. The van der Waals surface area contributed by atoms with Crippen molar-refractivity contribution < 1.29 is 14.3 Å². The Balaban J connectivity index is 2.16. The third kappa shape index (κ3) is 4.65. The van der Waals surface area contributed by atoms with Gasteiger partial charge in [0.15, 0.2) is 14.5 Å². The van der Waals surface area contributed by atoms with Crippen molar-refractivity contribution in [1.29, 1.82) is 0 Å². The zero-order valence-corrected chi connectivity index (χ0v) is 17.3. The zero-order valence-electron chi connectivity index (χ0n) is 14.8. The molecular weight excluding hydrogens is 378 g/mol. The van der Waals surface area contributed by atoms with Crippen molar-refractivity contribution in [3.8, 4) is 0 Å². The van der Waals surface area contributed by atoms with Gasteiger partial charge in [0.25, 0.3) is 0 Å². The second kappa shape index (κ2) is 8.86. The first-order chi connectivity index (χ1) is 11.9. The van der Waals surface area contributed by atoms with Crippen LogP contribution in [0, 0.1) is 13.8 Å². The maximum Gasteiger partial charge on any atom is 0.340 e. The normalized spacial score (nSPS) is 12.2. The Morgan fingerprint density at radius 1 is 1.24 bits per heavy atom. The standard InChI is InChI=1S/C16H21N3O3S3/c1-6-22-14(21)11-8(3)12(17-9(11)4)13(20)10(5)24-16-19-18-15(25-16)23-7-2/h10,17H,6-7H2,1-5H3. The van der Waals surface area contributed by atoms with Crippen molar-refractivity contribution in [2.45, 2.75) is 48.5 Å². The second-order valence-electron chi connectivity index (χ2n) is 5.24. The summed E-state index contributed by atoms with van der Waals surface area (Å²) in [5.74, 6) is 0.463. The third-order valence-electron chi connectivity index (χ3n) is 3.47. The molecule has 0 aliphatic heterocycles. The quantitative estimate of drug-likeness (QED) is 0.406. The Morgan fingerprint density at radius 2 is 1.92 bits per heavy atom. The van der Waals surface area contributed by atoms with E-state index in [1.165, 1.54) is 23.1 Å². The van der Waals surface area contributed by atoms with Crippen molar-refractivity contribution in [3.63, 3.8) is 0 Å². The molecule has 0 amide bonds. The van der Waals surface area contributed by atoms with Crippen molar-refractivity contribution in [2.75, 3.05) is 12.4 Å². The van der Waals surface area contributed by atoms with Gasteiger partial charge in [-0.1, -0.05) is 41.8 Å². The van der Waals surface area contributed by atoms with Crippen LogP contribution in [-0.2, 0) is 4.74 Å². The van der Waals surface area contributed by atoms with Crippen LogP contribution in [-0.4, -0.2) is 44.5 Å². The molecule has 0 radical (unpaired) electrons. The van der Waals surface area contributed by atoms with Crippen molar-refractivity contribution in [1.82, 2.24) is 15.2 Å². The predicted molar refractivity (Wildman–Crippen MR) is 102 cm³/mol. The molecule has 0 fully saturated rings. The lowest BCUT2D eigenvalue weighted by molar-refractivity contribution is 0.0525. The fraction of sp³-hybridized carbons (Fsp3) is 0.500. The number of ether oxygens (including phenoxy) is 1. The Morgan fingerprint density at radius 3 is 2.56 bits per heavy atom. The van der Waals surface area contributed by atoms with Crippen LogP contribution < -0.4 is 0 Å². The van der Waals surface area contributed by atoms with Crippen molar-refractivity contribution in [3.05, 3.63) is 22.5 Å². The number of aryl methyl sites for hydroxylation is 1. The van der Waals surface area contributed by atoms with Gasteiger partial charge < -0.3 is 9.72 Å². The van der Waals surface area contributed by atoms with Crippen molar-refractivity contribution >= 4 is 46.6 Å². The largest absolute Gasteiger partial charge is 0.462 e. The lowest BCUT2D eigenvalue weighted by Crippen LogP contribution is -2.15. The van der Waals surface area contributed by atoms with Gasteiger partial charge in [0.1, 0.15) is 0 Å². The molecule has 0 aliphatic rings. The van der Waals surface area contributed by atoms with Crippen LogP contribution in [0.5, 0.6) is 0 Å². The van der Waals surface area contributed by atoms with E-state index in [1.54, 1.807) is 32.5 Å². The first kappa shape index (κ1) is 20.0. The monoisotopic (exact) mass is 399 g/mol. The topological polar surface area (TPSA) is 84.9 Å². The maximum absolute atomic E-state index is 12.8. The second-order valence-corrected chi connectivity index (χ2v) is 9.31. The number of carbonyl (C=O) groups excluding carboxylic acids is 2. The molecule has 0 spiro atoms. The number of nitrogens with zero attached hydrogens (tertiary/aromatic N) is 2. The zero-order chi connectivity index (χ0) is 18.6. The number of carbonyl (C=O) groups is 2. The number of esters is 1. The molecule has 1 atom stereocenters. The van der Waals surface area contributed by atoms with Gasteiger partial charge in [0.2, 0.25) is 0 Å². The molecule has 2 rings (SSSR count). The van der Waals surface area contributed by atoms with Crippen LogP contribution in [0.2, 0.25) is 0 Å². The van der Waals surface area contributed by atoms with Gasteiger partial charge in [-0.2, -0.15) is 0 Å². The van der Waals surface area contributed by atoms with Gasteiger partial charge in [-0.15, -0.1) is 10.2 Å². The van der Waals surface area contributed by atoms with Crippen LogP contribution >= 0.6 is 34.9 Å². The Bertz CT molecular complexity index is 770. The molecule has 0 saturated carbocycles. The minimum absolute atomic E-state index is 0.0685. The number of ketones is 1. The van der Waals surface area contributed by atoms with E-state index in [1.807, 2.05) is 6.92 Å². The summed E-state index contributed by atoms with van der Waals surface area (Å²) in [5.41, 5.74) is 2.18. The first-order valence-corrected chi connectivity index (χ1v) is 10.6. The fourth-order valence-electron chi connectivity index (χ4n) is 2.34. The predicted octanol–water partition coefficient (Wildman–Crippen LogP) is 4.14. The number of rotatable bonds is 8. The van der Waals surface area contributed by atoms with Gasteiger partial charge in [-0.25, -0.2) is 4.79 Å². The Kier molecular flexibility index (Phi) is 7.09. The van der Waals surface area contributed by atoms with E-state index >= 15 is 0 Å². The molecule has 9 heteroatoms. The summed E-state index contributed by atoms with van der Waals surface area (Å²) in [4.78, 5) is 27.9. The van der Waals surface area contributed by atoms with E-state index in [4.69, 9.17) is 4.74 Å². The van der Waals surface area contributed by atoms with E-state index in [0.717, 1.165) is 14.4 Å². The number of nitrogens with one attached hydrogen (secondary N) is 1. The Hall–Kier alpha value is -1.32. The molecule has 0 bridgehead atoms. The number of aromatic nitrogens is 3. The summed E-state index contributed by atoms with van der Waals surface area (Å²) in [7, 11) is 0. The van der Waals surface area contributed by atoms with Crippen LogP contribution in [0.25, 0.3) is 0 Å². The molecule has 0 saturated heterocycles. The average molecular weight is 400 g/mol. The molecule has 0 aromatic carbocycles. The third-order valence-corrected chi connectivity index (χ3v) is 6.59. The highest BCUT2D eigenvalue weighted by molar-refractivity contribution is 8.03. The number of Topliss-reactive ketones (excluding diaryl/α,β-unsaturated/α-hetero) is 1. The van der Waals surface area contributed by atoms with Crippen LogP contribution in [0.1, 0.15) is 52.9 Å². The number of hydrogen-bond donors (Lipinski definition) is 1. The number of hydrogen-bond acceptors (Lipinski definition) is 8. The van der Waals surface area contributed by atoms with E-state index in [0.29, 0.717) is 29.1 Å². The lowest BCUT2D eigenvalue weighted by atomic mass is 10.1. The highest BCUT2D eigenvalue weighted by atomic mass is 32.2. The average Bonchev–Trinajstić information content (AvgIpc) is 3.11. The fourth-order valence-corrected chi connectivity index (χ4v) is 5.46. The summed E-state index contributed by atoms with van der Waals surface area (Å²) >= 11 is 4.50. The molecule has 2 aromatic rings. The molecule has 6 nitrogen and oxygen atoms in total. The van der Waals surface area contributed by atoms with Gasteiger partial charge >= 0.3 is 5.97 Å². The SMILES string of the molecule is CCOC(=O)c1c(C)[nH]c(C(=O)C(C)Sc2nnc(SCC)s2)c1C. The highest BCUT2D eigenvalue weighted by Gasteiger charge is 2.26. The molecule has 1 unspecified atom stereocenters. The van der Waals surface area contributed by atoms with E-state index in [-0.39, 0.29) is 11.0 Å². The number of aromatic amines is 1. The molecule has 2 aromatic heterocycles. The summed E-state index contributed by atoms with van der Waals surface area (Å²) < 4.78 is 6.74. The van der Waals surface area contributed by atoms with Gasteiger partial charge in [0, 0.05) is 5.69 Å². The van der Waals surface area contributed by atoms with Crippen LogP contribution in [0.3, 0.4) is 0 Å². The van der Waals surface area contributed by atoms with E-state index in [2.05, 4.69) is 22.1 Å². The van der Waals surface area contributed by atoms with Gasteiger partial charge in [0.05, 0.1) is 23.1 Å². The summed E-state index contributed by atoms with van der Waals surface area (Å²) in [6.07, 6.45) is 0. The molecule has 1 N–H and O–H groups in total. The van der Waals surface area contributed by atoms with Crippen LogP contribution in [0.4, 0.5) is 0 Å². The summed E-state index contributed by atoms with van der Waals surface area (Å²) in [6, 6.07) is 0. The van der Waals surface area contributed by atoms with Crippen LogP contribution in [0.15, 0.2) is 8.68 Å². The van der Waals surface area contributed by atoms with Crippen molar-refractivity contribution in [2.24, 2.45) is 0 Å². The smallest absolute Gasteiger partial charge is 0.340 e. The number of thioether (sulfide) groups is 2. The molecular formula is C16H21N3O3S3. The maximum atomic E-state index is 12.8. The summed E-state index contributed by atoms with van der Waals surface area (Å²) in [6.45, 7) is 9.48. The molecule has 2 heterocycles. The number of H-pyrrole nitrogens is 1. The first-order valence-electron chi connectivity index (χ1n) is 7.92. The van der Waals surface area contributed by atoms with Gasteiger partial charge in [-0.3, -0.25) is 4.79 Å². The summed E-state index contributed by atoms with van der Waals surface area (Å²) in [5, 5.41) is 7.89. The highest BCUT2D eigenvalue weighted by Crippen LogP contribution is 2.32. The molecule has 25 heavy (non-hydrogen) atoms. The molecule has 136 valence electrons. The Labute approximate surface area is 159 Å².